The Morgan fingerprint density at radius 3 is 2.78 bits per heavy atom. The summed E-state index contributed by atoms with van der Waals surface area (Å²) in [5.74, 6) is 1.69. The number of piperidine rings is 1. The van der Waals surface area contributed by atoms with Gasteiger partial charge in [-0.15, -0.1) is 0 Å². The second kappa shape index (κ2) is 6.11. The number of likely N-dealkylation sites (N-methyl/N-ethyl adjacent to an activating group) is 1. The number of H-pyrrole nitrogens is 1. The Morgan fingerprint density at radius 2 is 2.00 bits per heavy atom. The van der Waals surface area contributed by atoms with Crippen LogP contribution in [0.4, 0.5) is 5.82 Å². The highest BCUT2D eigenvalue weighted by molar-refractivity contribution is 5.91. The van der Waals surface area contributed by atoms with Crippen LogP contribution in [0.15, 0.2) is 12.5 Å². The van der Waals surface area contributed by atoms with Gasteiger partial charge in [0.25, 0.3) is 0 Å². The van der Waals surface area contributed by atoms with Gasteiger partial charge in [-0.2, -0.15) is 0 Å². The van der Waals surface area contributed by atoms with Gasteiger partial charge in [0.1, 0.15) is 17.8 Å². The Hall–Kier alpha value is -1.62. The number of fused-ring (bicyclic) bond motifs is 1. The third kappa shape index (κ3) is 2.82. The van der Waals surface area contributed by atoms with Gasteiger partial charge in [-0.05, 0) is 51.1 Å². The zero-order chi connectivity index (χ0) is 15.8. The quantitative estimate of drug-likeness (QED) is 0.910. The van der Waals surface area contributed by atoms with Crippen LogP contribution in [0.1, 0.15) is 56.9 Å². The Labute approximate surface area is 137 Å². The summed E-state index contributed by atoms with van der Waals surface area (Å²) in [6.07, 6.45) is 11.6. The molecule has 0 aromatic carbocycles. The molecule has 2 aromatic heterocycles. The van der Waals surface area contributed by atoms with E-state index in [2.05, 4.69) is 45.3 Å². The predicted octanol–water partition coefficient (Wildman–Crippen LogP) is 3.51. The minimum absolute atomic E-state index is 0.473. The molecule has 0 radical (unpaired) electrons. The highest BCUT2D eigenvalue weighted by Gasteiger charge is 2.26. The smallest absolute Gasteiger partial charge is 0.143 e. The highest BCUT2D eigenvalue weighted by atomic mass is 15.2. The van der Waals surface area contributed by atoms with E-state index in [1.54, 1.807) is 6.33 Å². The van der Waals surface area contributed by atoms with Crippen LogP contribution in [0.2, 0.25) is 0 Å². The van der Waals surface area contributed by atoms with Crippen molar-refractivity contribution in [1.82, 2.24) is 19.9 Å². The van der Waals surface area contributed by atoms with E-state index >= 15 is 0 Å². The van der Waals surface area contributed by atoms with Crippen molar-refractivity contribution in [2.45, 2.75) is 63.5 Å². The summed E-state index contributed by atoms with van der Waals surface area (Å²) in [6.45, 7) is 3.39. The van der Waals surface area contributed by atoms with E-state index in [1.165, 1.54) is 49.5 Å². The number of hydrogen-bond donors (Lipinski definition) is 2. The zero-order valence-electron chi connectivity index (χ0n) is 14.2. The summed E-state index contributed by atoms with van der Waals surface area (Å²) in [6, 6.07) is 1.15. The first-order valence-electron chi connectivity index (χ1n) is 9.01. The fraction of sp³-hybridized carbons (Fsp3) is 0.667. The maximum Gasteiger partial charge on any atom is 0.143 e. The molecule has 1 saturated carbocycles. The lowest BCUT2D eigenvalue weighted by Crippen LogP contribution is -2.44. The number of aromatic nitrogens is 3. The predicted molar refractivity (Wildman–Crippen MR) is 93.8 cm³/mol. The molecule has 2 aliphatic rings. The molecule has 3 heterocycles. The molecule has 0 spiro atoms. The van der Waals surface area contributed by atoms with E-state index in [1.807, 2.05) is 0 Å². The number of nitrogens with one attached hydrogen (secondary N) is 2. The van der Waals surface area contributed by atoms with Crippen molar-refractivity contribution in [3.05, 3.63) is 18.1 Å². The van der Waals surface area contributed by atoms with Gasteiger partial charge < -0.3 is 15.2 Å². The van der Waals surface area contributed by atoms with Crippen LogP contribution in [0.3, 0.4) is 0 Å². The number of likely N-dealkylation sites (tertiary alicyclic amines) is 1. The molecule has 5 heteroatoms. The van der Waals surface area contributed by atoms with Crippen LogP contribution >= 0.6 is 0 Å². The van der Waals surface area contributed by atoms with Crippen molar-refractivity contribution in [3.8, 4) is 0 Å². The molecule has 2 fully saturated rings. The van der Waals surface area contributed by atoms with Gasteiger partial charge in [-0.3, -0.25) is 0 Å². The van der Waals surface area contributed by atoms with Crippen molar-refractivity contribution >= 4 is 16.9 Å². The third-order valence-corrected chi connectivity index (χ3v) is 5.83. The van der Waals surface area contributed by atoms with Crippen molar-refractivity contribution in [1.29, 1.82) is 0 Å². The summed E-state index contributed by atoms with van der Waals surface area (Å²) in [5, 5.41) is 4.93. The first kappa shape index (κ1) is 14.9. The molecule has 0 amide bonds. The maximum absolute atomic E-state index is 4.59. The summed E-state index contributed by atoms with van der Waals surface area (Å²) >= 11 is 0. The molecule has 1 saturated heterocycles. The van der Waals surface area contributed by atoms with Gasteiger partial charge >= 0.3 is 0 Å². The third-order valence-electron chi connectivity index (χ3n) is 5.83. The molecule has 2 atom stereocenters. The number of aromatic amines is 1. The van der Waals surface area contributed by atoms with E-state index in [0.717, 1.165) is 18.0 Å². The number of anilines is 1. The van der Waals surface area contributed by atoms with Crippen LogP contribution in [-0.4, -0.2) is 45.5 Å². The topological polar surface area (TPSA) is 56.8 Å². The molecule has 2 aromatic rings. The van der Waals surface area contributed by atoms with Crippen LogP contribution in [-0.2, 0) is 0 Å². The average Bonchev–Trinajstić information content (AvgIpc) is 3.20. The largest absolute Gasteiger partial charge is 0.365 e. The molecule has 4 rings (SSSR count). The van der Waals surface area contributed by atoms with Gasteiger partial charge in [0, 0.05) is 24.8 Å². The lowest BCUT2D eigenvalue weighted by atomic mass is 9.97. The van der Waals surface area contributed by atoms with Crippen molar-refractivity contribution < 1.29 is 0 Å². The molecule has 124 valence electrons. The molecule has 1 aliphatic carbocycles. The molecule has 0 bridgehead atoms. The van der Waals surface area contributed by atoms with Crippen molar-refractivity contribution in [3.63, 3.8) is 0 Å². The molecule has 5 nitrogen and oxygen atoms in total. The maximum atomic E-state index is 4.59. The van der Waals surface area contributed by atoms with Gasteiger partial charge in [-0.25, -0.2) is 9.97 Å². The molecule has 1 aliphatic heterocycles. The fourth-order valence-electron chi connectivity index (χ4n) is 4.25. The molecule has 2 N–H and O–H groups in total. The van der Waals surface area contributed by atoms with Crippen LogP contribution in [0.25, 0.3) is 11.0 Å². The average molecular weight is 313 g/mol. The van der Waals surface area contributed by atoms with E-state index in [4.69, 9.17) is 0 Å². The van der Waals surface area contributed by atoms with Crippen molar-refractivity contribution in [2.24, 2.45) is 0 Å². The lowest BCUT2D eigenvalue weighted by Gasteiger charge is -2.35. The van der Waals surface area contributed by atoms with Crippen LogP contribution < -0.4 is 5.32 Å². The molecule has 2 unspecified atom stereocenters. The SMILES string of the molecule is CC1CCC(Nc2ncnc3[nH]cc(C4CCCC4)c23)CN1C. The second-order valence-corrected chi connectivity index (χ2v) is 7.38. The molecular formula is C18H27N5. The molecular weight excluding hydrogens is 286 g/mol. The fourth-order valence-corrected chi connectivity index (χ4v) is 4.25. The van der Waals surface area contributed by atoms with E-state index in [-0.39, 0.29) is 0 Å². The molecule has 23 heavy (non-hydrogen) atoms. The number of hydrogen-bond acceptors (Lipinski definition) is 4. The van der Waals surface area contributed by atoms with Crippen molar-refractivity contribution in [2.75, 3.05) is 18.9 Å². The minimum atomic E-state index is 0.473. The Kier molecular flexibility index (Phi) is 3.97. The Morgan fingerprint density at radius 1 is 1.17 bits per heavy atom. The van der Waals surface area contributed by atoms with Gasteiger partial charge in [0.2, 0.25) is 0 Å². The van der Waals surface area contributed by atoms with Gasteiger partial charge in [0.15, 0.2) is 0 Å². The van der Waals surface area contributed by atoms with Gasteiger partial charge in [0.05, 0.1) is 5.39 Å². The minimum Gasteiger partial charge on any atom is -0.365 e. The van der Waals surface area contributed by atoms with Crippen LogP contribution in [0.5, 0.6) is 0 Å². The first-order chi connectivity index (χ1) is 11.2. The summed E-state index contributed by atoms with van der Waals surface area (Å²) in [4.78, 5) is 14.8. The highest BCUT2D eigenvalue weighted by Crippen LogP contribution is 2.39. The van der Waals surface area contributed by atoms with E-state index in [9.17, 15) is 0 Å². The Balaban J connectivity index is 1.63. The lowest BCUT2D eigenvalue weighted by molar-refractivity contribution is 0.188. The Bertz CT molecular complexity index is 673. The standard InChI is InChI=1S/C18H27N5/c1-12-7-8-14(10-23(12)2)22-18-16-15(13-5-3-4-6-13)9-19-17(16)20-11-21-18/h9,11-14H,3-8,10H2,1-2H3,(H2,19,20,21,22). The summed E-state index contributed by atoms with van der Waals surface area (Å²) < 4.78 is 0. The second-order valence-electron chi connectivity index (χ2n) is 7.38. The normalized spacial score (nSPS) is 26.9. The van der Waals surface area contributed by atoms with E-state index < -0.39 is 0 Å². The number of nitrogens with zero attached hydrogens (tertiary/aromatic N) is 3. The van der Waals surface area contributed by atoms with Gasteiger partial charge in [-0.1, -0.05) is 12.8 Å². The summed E-state index contributed by atoms with van der Waals surface area (Å²) in [7, 11) is 2.22. The summed E-state index contributed by atoms with van der Waals surface area (Å²) in [5.41, 5.74) is 2.39. The first-order valence-corrected chi connectivity index (χ1v) is 9.01. The monoisotopic (exact) mass is 313 g/mol. The van der Waals surface area contributed by atoms with Crippen LogP contribution in [0, 0.1) is 0 Å². The zero-order valence-corrected chi connectivity index (χ0v) is 14.2. The number of rotatable bonds is 3. The van der Waals surface area contributed by atoms with E-state index in [0.29, 0.717) is 18.0 Å².